The molecule has 1 aliphatic rings. The van der Waals surface area contributed by atoms with Gasteiger partial charge in [0.25, 0.3) is 0 Å². The second-order valence-electron chi connectivity index (χ2n) is 5.89. The number of carbonyl (C=O) groups excluding carboxylic acids is 1. The molecule has 1 saturated heterocycles. The number of ether oxygens (including phenoxy) is 3. The van der Waals surface area contributed by atoms with Crippen molar-refractivity contribution in [3.8, 4) is 0 Å². The maximum atomic E-state index is 14.2. The summed E-state index contributed by atoms with van der Waals surface area (Å²) in [6.07, 6.45) is -5.58. The Morgan fingerprint density at radius 3 is 2.35 bits per heavy atom. The fraction of sp³-hybridized carbons (Fsp3) is 0.316. The van der Waals surface area contributed by atoms with Gasteiger partial charge >= 0.3 is 11.9 Å². The zero-order valence-electron chi connectivity index (χ0n) is 13.8. The molecule has 138 valence electrons. The van der Waals surface area contributed by atoms with Crippen LogP contribution in [0.5, 0.6) is 0 Å². The van der Waals surface area contributed by atoms with Crippen LogP contribution in [0.15, 0.2) is 60.7 Å². The van der Waals surface area contributed by atoms with Gasteiger partial charge in [0, 0.05) is 0 Å². The summed E-state index contributed by atoms with van der Waals surface area (Å²) < 4.78 is 43.6. The third-order valence-corrected chi connectivity index (χ3v) is 3.99. The summed E-state index contributed by atoms with van der Waals surface area (Å²) in [5.41, 5.74) is 0.990. The SMILES string of the molecule is O=C(OC1C(COCc2ccccc2)OC(O)C1(F)F)c1ccccc1. The van der Waals surface area contributed by atoms with Gasteiger partial charge in [-0.25, -0.2) is 4.79 Å². The predicted octanol–water partition coefficient (Wildman–Crippen LogP) is 2.78. The van der Waals surface area contributed by atoms with Crippen LogP contribution < -0.4 is 0 Å². The lowest BCUT2D eigenvalue weighted by molar-refractivity contribution is -0.199. The van der Waals surface area contributed by atoms with E-state index in [2.05, 4.69) is 0 Å². The molecule has 26 heavy (non-hydrogen) atoms. The van der Waals surface area contributed by atoms with E-state index in [9.17, 15) is 18.7 Å². The molecule has 0 aliphatic carbocycles. The molecule has 0 saturated carbocycles. The zero-order valence-corrected chi connectivity index (χ0v) is 13.8. The molecule has 3 rings (SSSR count). The van der Waals surface area contributed by atoms with Crippen molar-refractivity contribution in [2.24, 2.45) is 0 Å². The highest BCUT2D eigenvalue weighted by atomic mass is 19.3. The van der Waals surface area contributed by atoms with Crippen molar-refractivity contribution in [1.82, 2.24) is 0 Å². The van der Waals surface area contributed by atoms with Gasteiger partial charge in [-0.2, -0.15) is 8.78 Å². The van der Waals surface area contributed by atoms with Crippen LogP contribution in [0.25, 0.3) is 0 Å². The summed E-state index contributed by atoms with van der Waals surface area (Å²) in [5.74, 6) is -4.65. The molecular formula is C19H18F2O5. The van der Waals surface area contributed by atoms with Crippen LogP contribution in [0.3, 0.4) is 0 Å². The van der Waals surface area contributed by atoms with Crippen molar-refractivity contribution in [1.29, 1.82) is 0 Å². The number of rotatable bonds is 6. The second-order valence-corrected chi connectivity index (χ2v) is 5.89. The van der Waals surface area contributed by atoms with Crippen molar-refractivity contribution in [3.05, 3.63) is 71.8 Å². The summed E-state index contributed by atoms with van der Waals surface area (Å²) in [7, 11) is 0. The van der Waals surface area contributed by atoms with Crippen molar-refractivity contribution < 1.29 is 32.9 Å². The summed E-state index contributed by atoms with van der Waals surface area (Å²) in [4.78, 5) is 12.1. The Hall–Kier alpha value is -2.35. The Morgan fingerprint density at radius 1 is 1.08 bits per heavy atom. The molecule has 2 aromatic rings. The van der Waals surface area contributed by atoms with Crippen molar-refractivity contribution >= 4 is 5.97 Å². The van der Waals surface area contributed by atoms with Crippen LogP contribution in [0.1, 0.15) is 15.9 Å². The van der Waals surface area contributed by atoms with E-state index in [1.807, 2.05) is 30.3 Å². The minimum Gasteiger partial charge on any atom is -0.449 e. The lowest BCUT2D eigenvalue weighted by atomic mass is 10.1. The first-order valence-corrected chi connectivity index (χ1v) is 8.07. The average Bonchev–Trinajstić information content (AvgIpc) is 2.86. The van der Waals surface area contributed by atoms with E-state index in [4.69, 9.17) is 14.2 Å². The quantitative estimate of drug-likeness (QED) is 0.799. The molecule has 0 spiro atoms. The van der Waals surface area contributed by atoms with E-state index in [0.717, 1.165) is 5.56 Å². The molecule has 0 aromatic heterocycles. The summed E-state index contributed by atoms with van der Waals surface area (Å²) in [6.45, 7) is -0.0734. The standard InChI is InChI=1S/C19H18F2O5/c20-19(21)16(26-17(22)14-9-5-2-6-10-14)15(25-18(19)23)12-24-11-13-7-3-1-4-8-13/h1-10,15-16,18,23H,11-12H2. The fourth-order valence-electron chi connectivity index (χ4n) is 2.62. The lowest BCUT2D eigenvalue weighted by Gasteiger charge is -2.22. The number of aliphatic hydroxyl groups excluding tert-OH is 1. The van der Waals surface area contributed by atoms with Gasteiger partial charge in [-0.1, -0.05) is 48.5 Å². The molecule has 2 aromatic carbocycles. The van der Waals surface area contributed by atoms with Crippen molar-refractivity contribution in [2.75, 3.05) is 6.61 Å². The zero-order chi connectivity index (χ0) is 18.6. The molecule has 7 heteroatoms. The minimum absolute atomic E-state index is 0.133. The third kappa shape index (κ3) is 4.07. The van der Waals surface area contributed by atoms with Gasteiger partial charge in [-0.05, 0) is 17.7 Å². The smallest absolute Gasteiger partial charge is 0.338 e. The number of esters is 1. The molecule has 3 atom stereocenters. The highest BCUT2D eigenvalue weighted by Gasteiger charge is 2.61. The molecule has 1 N–H and O–H groups in total. The first kappa shape index (κ1) is 18.4. The minimum atomic E-state index is -3.73. The molecule has 0 bridgehead atoms. The number of carbonyl (C=O) groups is 1. The average molecular weight is 364 g/mol. The van der Waals surface area contributed by atoms with Gasteiger partial charge in [0.15, 0.2) is 6.10 Å². The van der Waals surface area contributed by atoms with E-state index < -0.39 is 30.4 Å². The van der Waals surface area contributed by atoms with Gasteiger partial charge in [0.2, 0.25) is 6.29 Å². The van der Waals surface area contributed by atoms with Gasteiger partial charge in [-0.3, -0.25) is 0 Å². The highest BCUT2D eigenvalue weighted by Crippen LogP contribution is 2.37. The first-order valence-electron chi connectivity index (χ1n) is 8.07. The van der Waals surface area contributed by atoms with Gasteiger partial charge in [0.1, 0.15) is 6.10 Å². The van der Waals surface area contributed by atoms with E-state index in [1.54, 1.807) is 18.2 Å². The van der Waals surface area contributed by atoms with Crippen LogP contribution in [0.2, 0.25) is 0 Å². The highest BCUT2D eigenvalue weighted by molar-refractivity contribution is 5.89. The number of aliphatic hydroxyl groups is 1. The van der Waals surface area contributed by atoms with Crippen LogP contribution >= 0.6 is 0 Å². The Kier molecular flexibility index (Phi) is 5.61. The van der Waals surface area contributed by atoms with Crippen molar-refractivity contribution in [2.45, 2.75) is 31.0 Å². The van der Waals surface area contributed by atoms with E-state index in [-0.39, 0.29) is 18.8 Å². The number of hydrogen-bond donors (Lipinski definition) is 1. The maximum absolute atomic E-state index is 14.2. The molecule has 1 aliphatic heterocycles. The predicted molar refractivity (Wildman–Crippen MR) is 87.6 cm³/mol. The molecular weight excluding hydrogens is 346 g/mol. The topological polar surface area (TPSA) is 65.0 Å². The normalized spacial score (nSPS) is 24.3. The summed E-state index contributed by atoms with van der Waals surface area (Å²) in [5, 5.41) is 9.48. The van der Waals surface area contributed by atoms with Crippen LogP contribution in [-0.4, -0.2) is 42.1 Å². The maximum Gasteiger partial charge on any atom is 0.338 e. The Balaban J connectivity index is 1.64. The van der Waals surface area contributed by atoms with Gasteiger partial charge in [0.05, 0.1) is 18.8 Å². The Morgan fingerprint density at radius 2 is 1.69 bits per heavy atom. The number of halogens is 2. The molecule has 1 heterocycles. The fourth-order valence-corrected chi connectivity index (χ4v) is 2.62. The summed E-state index contributed by atoms with van der Waals surface area (Å²) >= 11 is 0. The number of benzene rings is 2. The van der Waals surface area contributed by atoms with Crippen LogP contribution in [0.4, 0.5) is 8.78 Å². The van der Waals surface area contributed by atoms with Gasteiger partial charge < -0.3 is 19.3 Å². The number of hydrogen-bond acceptors (Lipinski definition) is 5. The third-order valence-electron chi connectivity index (χ3n) is 3.99. The van der Waals surface area contributed by atoms with Crippen LogP contribution in [0, 0.1) is 0 Å². The first-order chi connectivity index (χ1) is 12.5. The lowest BCUT2D eigenvalue weighted by Crippen LogP contribution is -2.44. The van der Waals surface area contributed by atoms with Gasteiger partial charge in [-0.15, -0.1) is 0 Å². The molecule has 0 radical (unpaired) electrons. The largest absolute Gasteiger partial charge is 0.449 e. The number of alkyl halides is 2. The molecule has 5 nitrogen and oxygen atoms in total. The van der Waals surface area contributed by atoms with Crippen LogP contribution in [-0.2, 0) is 20.8 Å². The van der Waals surface area contributed by atoms with E-state index in [1.165, 1.54) is 12.1 Å². The monoisotopic (exact) mass is 364 g/mol. The summed E-state index contributed by atoms with van der Waals surface area (Å²) in [6, 6.07) is 16.9. The Labute approximate surface area is 149 Å². The van der Waals surface area contributed by atoms with E-state index >= 15 is 0 Å². The molecule has 3 unspecified atom stereocenters. The second kappa shape index (κ2) is 7.90. The van der Waals surface area contributed by atoms with Crippen molar-refractivity contribution in [3.63, 3.8) is 0 Å². The van der Waals surface area contributed by atoms with E-state index in [0.29, 0.717) is 0 Å². The Bertz CT molecular complexity index is 723. The molecule has 1 fully saturated rings. The molecule has 0 amide bonds.